The van der Waals surface area contributed by atoms with Crippen molar-refractivity contribution < 1.29 is 42.8 Å². The molecule has 0 aliphatic rings. The van der Waals surface area contributed by atoms with Crippen LogP contribution in [0.2, 0.25) is 0 Å². The number of benzene rings is 2. The monoisotopic (exact) mass is 558 g/mol. The number of carboxylic acid groups (broad SMARTS) is 1. The topological polar surface area (TPSA) is 168 Å². The van der Waals surface area contributed by atoms with Crippen LogP contribution in [0.5, 0.6) is 34.8 Å². The number of rotatable bonds is 13. The van der Waals surface area contributed by atoms with Crippen molar-refractivity contribution in [2.75, 3.05) is 20.7 Å². The maximum atomic E-state index is 15.4. The molecule has 3 rings (SSSR count). The number of aromatic hydroxyl groups is 1. The van der Waals surface area contributed by atoms with Gasteiger partial charge in [-0.25, -0.2) is 0 Å². The lowest BCUT2D eigenvalue weighted by Gasteiger charge is -2.16. The summed E-state index contributed by atoms with van der Waals surface area (Å²) in [4.78, 5) is 28.1. The Balaban J connectivity index is 1.97. The van der Waals surface area contributed by atoms with Crippen molar-refractivity contribution in [3.8, 4) is 34.8 Å². The number of nitrogens with zero attached hydrogens (tertiary/aromatic N) is 2. The van der Waals surface area contributed by atoms with Gasteiger partial charge in [0.25, 0.3) is 17.7 Å². The number of hydrogen-bond donors (Lipinski definition) is 4. The Morgan fingerprint density at radius 3 is 2.35 bits per heavy atom. The van der Waals surface area contributed by atoms with E-state index in [4.69, 9.17) is 30.5 Å². The zero-order chi connectivity index (χ0) is 29.4. The maximum Gasteiger partial charge on any atom is 0.303 e. The summed E-state index contributed by atoms with van der Waals surface area (Å²) in [5.41, 5.74) is 5.88. The first-order valence-corrected chi connectivity index (χ1v) is 12.1. The smallest absolute Gasteiger partial charge is 0.303 e. The fourth-order valence-electron chi connectivity index (χ4n) is 3.40. The van der Waals surface area contributed by atoms with E-state index < -0.39 is 40.9 Å². The summed E-state index contributed by atoms with van der Waals surface area (Å²) in [6, 6.07) is 9.50. The highest BCUT2D eigenvalue weighted by Crippen LogP contribution is 2.39. The number of halogens is 2. The van der Waals surface area contributed by atoms with E-state index in [0.717, 1.165) is 0 Å². The number of nitrogens with one attached hydrogen (secondary N) is 1. The Morgan fingerprint density at radius 2 is 1.70 bits per heavy atom. The minimum atomic E-state index is -1.33. The number of hydrogen-bond acceptors (Lipinski definition) is 8. The Hall–Kier alpha value is -4.94. The Morgan fingerprint density at radius 1 is 1.00 bits per heavy atom. The van der Waals surface area contributed by atoms with Gasteiger partial charge in [0.15, 0.2) is 11.5 Å². The number of aromatic nitrogens is 1. The number of phenols is 1. The number of amides is 1. The highest BCUT2D eigenvalue weighted by Gasteiger charge is 2.26. The number of pyridine rings is 1. The summed E-state index contributed by atoms with van der Waals surface area (Å²) in [7, 11) is 3.12. The number of carbonyl (C=O) groups excluding carboxylic acids is 1. The van der Waals surface area contributed by atoms with Gasteiger partial charge in [-0.15, -0.1) is 0 Å². The van der Waals surface area contributed by atoms with Crippen LogP contribution in [0.25, 0.3) is 0 Å². The molecule has 11 nitrogen and oxygen atoms in total. The van der Waals surface area contributed by atoms with Crippen LogP contribution < -0.4 is 19.9 Å². The molecular weight excluding hydrogens is 530 g/mol. The molecule has 1 aromatic heterocycles. The number of aliphatic carboxylic acids is 1. The van der Waals surface area contributed by atoms with Gasteiger partial charge in [0.2, 0.25) is 17.4 Å². The fourth-order valence-corrected chi connectivity index (χ4v) is 3.40. The third-order valence-corrected chi connectivity index (χ3v) is 5.44. The summed E-state index contributed by atoms with van der Waals surface area (Å²) in [6.07, 6.45) is 1.05. The molecule has 0 fully saturated rings. The highest BCUT2D eigenvalue weighted by molar-refractivity contribution is 5.95. The number of carbonyl (C=O) groups is 2. The zero-order valence-corrected chi connectivity index (χ0v) is 21.7. The summed E-state index contributed by atoms with van der Waals surface area (Å²) < 4.78 is 47.1. The number of unbranched alkanes of at least 4 members (excludes halogenated alkanes) is 2. The number of phenolic OH excluding ortho intramolecular Hbond substituents is 1. The molecule has 5 N–H and O–H groups in total. The van der Waals surface area contributed by atoms with Gasteiger partial charge in [-0.1, -0.05) is 6.07 Å². The minimum Gasteiger partial charge on any atom is -0.504 e. The van der Waals surface area contributed by atoms with Gasteiger partial charge >= 0.3 is 5.97 Å². The first kappa shape index (κ1) is 29.6. The van der Waals surface area contributed by atoms with Crippen molar-refractivity contribution in [3.63, 3.8) is 0 Å². The Kier molecular flexibility index (Phi) is 9.79. The van der Waals surface area contributed by atoms with Gasteiger partial charge in [-0.3, -0.25) is 15.0 Å². The van der Waals surface area contributed by atoms with Crippen LogP contribution in [0.1, 0.15) is 41.6 Å². The molecule has 2 aromatic carbocycles. The van der Waals surface area contributed by atoms with Crippen LogP contribution in [0.3, 0.4) is 0 Å². The molecule has 0 bridgehead atoms. The minimum absolute atomic E-state index is 0.0118. The predicted molar refractivity (Wildman–Crippen MR) is 139 cm³/mol. The number of ether oxygens (including phenoxy) is 3. The van der Waals surface area contributed by atoms with E-state index in [2.05, 4.69) is 4.98 Å². The van der Waals surface area contributed by atoms with Gasteiger partial charge in [0, 0.05) is 31.6 Å². The number of amidine groups is 1. The van der Waals surface area contributed by atoms with Crippen LogP contribution in [0.4, 0.5) is 8.78 Å². The number of carboxylic acids is 1. The molecule has 3 aromatic rings. The lowest BCUT2D eigenvalue weighted by atomic mass is 10.2. The average Bonchev–Trinajstić information content (AvgIpc) is 2.90. The molecule has 0 aliphatic carbocycles. The van der Waals surface area contributed by atoms with Crippen molar-refractivity contribution in [1.29, 1.82) is 5.41 Å². The lowest BCUT2D eigenvalue weighted by molar-refractivity contribution is -0.137. The van der Waals surface area contributed by atoms with Gasteiger partial charge in [0.05, 0.1) is 6.61 Å². The number of nitrogen functional groups attached to an aromatic ring is 1. The molecule has 1 amide bonds. The molecule has 0 spiro atoms. The van der Waals surface area contributed by atoms with Crippen molar-refractivity contribution in [2.45, 2.75) is 25.7 Å². The molecule has 13 heteroatoms. The summed E-state index contributed by atoms with van der Waals surface area (Å²) in [6.45, 7) is -0.158. The van der Waals surface area contributed by atoms with Gasteiger partial charge in [-0.2, -0.15) is 13.8 Å². The van der Waals surface area contributed by atoms with E-state index in [9.17, 15) is 14.7 Å². The Labute approximate surface area is 228 Å². The first-order valence-electron chi connectivity index (χ1n) is 12.1. The third-order valence-electron chi connectivity index (χ3n) is 5.44. The maximum absolute atomic E-state index is 15.4. The van der Waals surface area contributed by atoms with Gasteiger partial charge < -0.3 is 35.1 Å². The summed E-state index contributed by atoms with van der Waals surface area (Å²) >= 11 is 0. The van der Waals surface area contributed by atoms with Crippen molar-refractivity contribution >= 4 is 17.7 Å². The van der Waals surface area contributed by atoms with Gasteiger partial charge in [-0.05, 0) is 55.7 Å². The van der Waals surface area contributed by atoms with Crippen LogP contribution in [0, 0.1) is 17.0 Å². The molecule has 0 radical (unpaired) electrons. The normalized spacial score (nSPS) is 10.6. The molecule has 212 valence electrons. The van der Waals surface area contributed by atoms with E-state index >= 15 is 8.78 Å². The molecule has 0 unspecified atom stereocenters. The second-order valence-electron chi connectivity index (χ2n) is 8.76. The molecule has 0 aliphatic heterocycles. The molecular formula is C27H28F2N4O7. The molecule has 40 heavy (non-hydrogen) atoms. The van der Waals surface area contributed by atoms with Gasteiger partial charge in [0.1, 0.15) is 11.6 Å². The fraction of sp³-hybridized carbons (Fsp3) is 0.259. The molecule has 0 saturated heterocycles. The van der Waals surface area contributed by atoms with E-state index in [1.165, 1.54) is 47.4 Å². The van der Waals surface area contributed by atoms with Crippen molar-refractivity contribution in [2.24, 2.45) is 5.73 Å². The summed E-state index contributed by atoms with van der Waals surface area (Å²) in [5.74, 6) is -7.44. The van der Waals surface area contributed by atoms with E-state index in [0.29, 0.717) is 19.3 Å². The zero-order valence-electron chi connectivity index (χ0n) is 21.7. The van der Waals surface area contributed by atoms with Crippen LogP contribution in [-0.2, 0) is 4.79 Å². The first-order chi connectivity index (χ1) is 19.0. The Bertz CT molecular complexity index is 1420. The van der Waals surface area contributed by atoms with Crippen LogP contribution in [0.15, 0.2) is 42.5 Å². The molecule has 0 atom stereocenters. The van der Waals surface area contributed by atoms with Crippen molar-refractivity contribution in [3.05, 3.63) is 65.2 Å². The predicted octanol–water partition coefficient (Wildman–Crippen LogP) is 4.66. The van der Waals surface area contributed by atoms with E-state index in [1.807, 2.05) is 0 Å². The third kappa shape index (κ3) is 7.56. The summed E-state index contributed by atoms with van der Waals surface area (Å²) in [5, 5.41) is 26.5. The quantitative estimate of drug-likeness (QED) is 0.132. The number of nitrogens with two attached hydrogens (primary N) is 1. The highest BCUT2D eigenvalue weighted by atomic mass is 19.1. The largest absolute Gasteiger partial charge is 0.504 e. The van der Waals surface area contributed by atoms with E-state index in [1.54, 1.807) is 14.1 Å². The second kappa shape index (κ2) is 13.2. The average molecular weight is 559 g/mol. The SMILES string of the molecule is CN(C)C(=O)c1cccc(Oc2nc(Oc3cc(C(=N)N)ccc3O)c(F)c(OCCCCCC(=O)O)c2F)c1. The molecule has 1 heterocycles. The molecule has 0 saturated carbocycles. The van der Waals surface area contributed by atoms with Crippen LogP contribution in [-0.4, -0.2) is 58.5 Å². The van der Waals surface area contributed by atoms with Crippen LogP contribution >= 0.6 is 0 Å². The standard InChI is InChI=1S/C27H28F2N4O7/c1-33(2)27(37)16-7-6-8-17(13-16)39-25-21(28)23(38-12-5-3-4-9-20(35)36)22(29)26(32-25)40-19-14-15(24(30)31)10-11-18(19)34/h6-8,10-11,13-14,34H,3-5,9,12H2,1-2H3,(H3,30,31)(H,35,36). The lowest BCUT2D eigenvalue weighted by Crippen LogP contribution is -2.21. The van der Waals surface area contributed by atoms with E-state index in [-0.39, 0.29) is 47.4 Å². The second-order valence-corrected chi connectivity index (χ2v) is 8.76. The van der Waals surface area contributed by atoms with Crippen molar-refractivity contribution in [1.82, 2.24) is 9.88 Å².